The lowest BCUT2D eigenvalue weighted by atomic mass is 9.80. The number of hydrogen-bond acceptors (Lipinski definition) is 2. The molecular formula is C20H31NS. The van der Waals surface area contributed by atoms with Crippen molar-refractivity contribution in [3.05, 3.63) is 34.0 Å². The number of nitrogens with zero attached hydrogens (tertiary/aromatic N) is 1. The lowest BCUT2D eigenvalue weighted by Crippen LogP contribution is -2.22. The third-order valence-corrected chi connectivity index (χ3v) is 6.36. The van der Waals surface area contributed by atoms with Gasteiger partial charge in [0.2, 0.25) is 0 Å². The number of aromatic nitrogens is 1. The maximum atomic E-state index is 5.01. The van der Waals surface area contributed by atoms with Crippen LogP contribution in [0.5, 0.6) is 0 Å². The van der Waals surface area contributed by atoms with E-state index in [2.05, 4.69) is 66.9 Å². The molecule has 0 unspecified atom stereocenters. The Labute approximate surface area is 141 Å². The third kappa shape index (κ3) is 3.27. The third-order valence-electron chi connectivity index (χ3n) is 5.11. The van der Waals surface area contributed by atoms with Crippen molar-refractivity contribution in [1.29, 1.82) is 0 Å². The zero-order chi connectivity index (χ0) is 16.6. The molecule has 122 valence electrons. The van der Waals surface area contributed by atoms with E-state index in [1.807, 2.05) is 11.8 Å². The maximum absolute atomic E-state index is 5.01. The van der Waals surface area contributed by atoms with Crippen LogP contribution < -0.4 is 0 Å². The Kier molecular flexibility index (Phi) is 5.42. The predicted octanol–water partition coefficient (Wildman–Crippen LogP) is 6.39. The highest BCUT2D eigenvalue weighted by Crippen LogP contribution is 2.43. The van der Waals surface area contributed by atoms with Crippen molar-refractivity contribution < 1.29 is 0 Å². The summed E-state index contributed by atoms with van der Waals surface area (Å²) in [6.45, 7) is 18.4. The van der Waals surface area contributed by atoms with Crippen LogP contribution >= 0.6 is 11.8 Å². The Morgan fingerprint density at radius 2 is 1.68 bits per heavy atom. The number of allylic oxidation sites excluding steroid dienone is 1. The van der Waals surface area contributed by atoms with Crippen LogP contribution in [-0.4, -0.2) is 10.2 Å². The van der Waals surface area contributed by atoms with Crippen LogP contribution in [0.2, 0.25) is 0 Å². The Morgan fingerprint density at radius 1 is 1.05 bits per heavy atom. The number of pyridine rings is 1. The number of thioether (sulfide) groups is 1. The molecule has 1 aliphatic rings. The summed E-state index contributed by atoms with van der Waals surface area (Å²) in [5.74, 6) is 2.18. The first-order valence-corrected chi connectivity index (χ1v) is 9.55. The molecule has 1 aliphatic heterocycles. The second-order valence-electron chi connectivity index (χ2n) is 7.48. The van der Waals surface area contributed by atoms with E-state index < -0.39 is 0 Å². The van der Waals surface area contributed by atoms with Crippen LogP contribution in [0.4, 0.5) is 0 Å². The van der Waals surface area contributed by atoms with Crippen LogP contribution in [0.1, 0.15) is 82.8 Å². The average Bonchev–Trinajstić information content (AvgIpc) is 2.44. The summed E-state index contributed by atoms with van der Waals surface area (Å²) in [7, 11) is 0. The molecule has 0 radical (unpaired) electrons. The molecule has 2 rings (SSSR count). The predicted molar refractivity (Wildman–Crippen MR) is 101 cm³/mol. The summed E-state index contributed by atoms with van der Waals surface area (Å²) >= 11 is 2.00. The zero-order valence-corrected chi connectivity index (χ0v) is 16.2. The highest BCUT2D eigenvalue weighted by molar-refractivity contribution is 8.02. The maximum Gasteiger partial charge on any atom is 0.0516 e. The van der Waals surface area contributed by atoms with Gasteiger partial charge in [0.15, 0.2) is 0 Å². The van der Waals surface area contributed by atoms with Gasteiger partial charge in [-0.2, -0.15) is 0 Å². The molecule has 2 heterocycles. The van der Waals surface area contributed by atoms with Crippen molar-refractivity contribution >= 4 is 17.3 Å². The van der Waals surface area contributed by atoms with Crippen molar-refractivity contribution in [2.45, 2.75) is 72.5 Å². The van der Waals surface area contributed by atoms with Crippen LogP contribution in [0.25, 0.3) is 5.57 Å². The van der Waals surface area contributed by atoms with E-state index in [1.54, 1.807) is 0 Å². The van der Waals surface area contributed by atoms with Gasteiger partial charge < -0.3 is 0 Å². The molecule has 3 atom stereocenters. The van der Waals surface area contributed by atoms with Gasteiger partial charge in [-0.15, -0.1) is 11.8 Å². The summed E-state index contributed by atoms with van der Waals surface area (Å²) in [5, 5.41) is 3.04. The molecule has 0 aromatic carbocycles. The van der Waals surface area contributed by atoms with Crippen molar-refractivity contribution in [2.75, 3.05) is 0 Å². The van der Waals surface area contributed by atoms with E-state index in [-0.39, 0.29) is 0 Å². The summed E-state index contributed by atoms with van der Waals surface area (Å²) in [5.41, 5.74) is 6.86. The topological polar surface area (TPSA) is 12.9 Å². The normalized spacial score (nSPS) is 28.1. The van der Waals surface area contributed by atoms with E-state index in [9.17, 15) is 0 Å². The molecule has 0 spiro atoms. The minimum Gasteiger partial charge on any atom is -0.257 e. The smallest absolute Gasteiger partial charge is 0.0516 e. The molecule has 0 N–H and O–H groups in total. The van der Waals surface area contributed by atoms with Gasteiger partial charge >= 0.3 is 0 Å². The first kappa shape index (κ1) is 17.6. The van der Waals surface area contributed by atoms with Gasteiger partial charge in [-0.05, 0) is 47.3 Å². The molecule has 0 saturated heterocycles. The van der Waals surface area contributed by atoms with E-state index in [0.29, 0.717) is 28.9 Å². The Balaban J connectivity index is 2.78. The van der Waals surface area contributed by atoms with E-state index in [1.165, 1.54) is 22.4 Å². The molecule has 0 fully saturated rings. The van der Waals surface area contributed by atoms with Crippen molar-refractivity contribution in [3.63, 3.8) is 0 Å². The second-order valence-corrected chi connectivity index (χ2v) is 8.74. The molecular weight excluding hydrogens is 286 g/mol. The minimum absolute atomic E-state index is 0.498. The standard InChI is InChI=1S/C20H31NS/c1-11(2)17-9-13(5)21-20-15(7)14(6)16(8)22-10-18(12(3)4)19(17)20/h9-12,14-16H,1-8H3/b18-10-/t14-,15+,16-/m0/s1. The van der Waals surface area contributed by atoms with Gasteiger partial charge in [0.05, 0.1) is 5.69 Å². The number of rotatable bonds is 2. The lowest BCUT2D eigenvalue weighted by molar-refractivity contribution is 0.473. The van der Waals surface area contributed by atoms with E-state index in [4.69, 9.17) is 4.98 Å². The van der Waals surface area contributed by atoms with E-state index in [0.717, 1.165) is 5.69 Å². The number of hydrogen-bond donors (Lipinski definition) is 0. The van der Waals surface area contributed by atoms with Crippen molar-refractivity contribution in [3.8, 4) is 0 Å². The lowest BCUT2D eigenvalue weighted by Gasteiger charge is -2.32. The molecule has 0 amide bonds. The largest absolute Gasteiger partial charge is 0.257 e. The van der Waals surface area contributed by atoms with E-state index >= 15 is 0 Å². The second kappa shape index (κ2) is 6.78. The van der Waals surface area contributed by atoms with Crippen molar-refractivity contribution in [1.82, 2.24) is 4.98 Å². The van der Waals surface area contributed by atoms with Crippen LogP contribution in [0.3, 0.4) is 0 Å². The van der Waals surface area contributed by atoms with Crippen LogP contribution in [-0.2, 0) is 0 Å². The summed E-state index contributed by atoms with van der Waals surface area (Å²) in [4.78, 5) is 5.01. The average molecular weight is 318 g/mol. The fourth-order valence-electron chi connectivity index (χ4n) is 3.27. The monoisotopic (exact) mass is 317 g/mol. The van der Waals surface area contributed by atoms with Gasteiger partial charge in [0.1, 0.15) is 0 Å². The first-order chi connectivity index (χ1) is 10.2. The molecule has 1 nitrogen and oxygen atoms in total. The quantitative estimate of drug-likeness (QED) is 0.627. The summed E-state index contributed by atoms with van der Waals surface area (Å²) in [6, 6.07) is 2.30. The van der Waals surface area contributed by atoms with Crippen molar-refractivity contribution in [2.24, 2.45) is 11.8 Å². The Morgan fingerprint density at radius 3 is 2.23 bits per heavy atom. The highest BCUT2D eigenvalue weighted by atomic mass is 32.2. The van der Waals surface area contributed by atoms with Gasteiger partial charge in [0.25, 0.3) is 0 Å². The van der Waals surface area contributed by atoms with Gasteiger partial charge in [0, 0.05) is 22.4 Å². The Bertz CT molecular complexity index is 571. The fourth-order valence-corrected chi connectivity index (χ4v) is 4.50. The molecule has 2 heteroatoms. The zero-order valence-electron chi connectivity index (χ0n) is 15.4. The SMILES string of the molecule is Cc1cc(C(C)C)c2c(n1)[C@H](C)[C@H](C)[C@H](C)S/C=C\2C(C)C. The van der Waals surface area contributed by atoms with Gasteiger partial charge in [-0.1, -0.05) is 48.5 Å². The highest BCUT2D eigenvalue weighted by Gasteiger charge is 2.30. The van der Waals surface area contributed by atoms with Crippen LogP contribution in [0.15, 0.2) is 11.5 Å². The molecule has 1 aromatic heterocycles. The molecule has 0 bridgehead atoms. The molecule has 0 aliphatic carbocycles. The first-order valence-electron chi connectivity index (χ1n) is 8.61. The summed E-state index contributed by atoms with van der Waals surface area (Å²) in [6.07, 6.45) is 0. The fraction of sp³-hybridized carbons (Fsp3) is 0.650. The Hall–Kier alpha value is -0.760. The van der Waals surface area contributed by atoms with Crippen LogP contribution in [0, 0.1) is 18.8 Å². The summed E-state index contributed by atoms with van der Waals surface area (Å²) < 4.78 is 0. The number of aryl methyl sites for hydroxylation is 1. The molecule has 1 aromatic rings. The minimum atomic E-state index is 0.498. The van der Waals surface area contributed by atoms with Gasteiger partial charge in [-0.25, -0.2) is 0 Å². The molecule has 22 heavy (non-hydrogen) atoms. The number of fused-ring (bicyclic) bond motifs is 1. The van der Waals surface area contributed by atoms with Gasteiger partial charge in [-0.3, -0.25) is 4.98 Å². The molecule has 0 saturated carbocycles.